The van der Waals surface area contributed by atoms with Gasteiger partial charge in [0.15, 0.2) is 0 Å². The number of rotatable bonds is 7. The molecule has 0 aromatic heterocycles. The summed E-state index contributed by atoms with van der Waals surface area (Å²) in [6.45, 7) is 9.98. The number of nitrogens with zero attached hydrogens (tertiary/aromatic N) is 1. The van der Waals surface area contributed by atoms with Crippen molar-refractivity contribution in [2.45, 2.75) is 53.0 Å². The first-order chi connectivity index (χ1) is 13.2. The Balaban J connectivity index is 2.19. The van der Waals surface area contributed by atoms with E-state index in [9.17, 15) is 14.0 Å². The fourth-order valence-corrected chi connectivity index (χ4v) is 3.14. The first kappa shape index (κ1) is 21.6. The summed E-state index contributed by atoms with van der Waals surface area (Å²) in [4.78, 5) is 26.2. The fraction of sp³-hybridized carbons (Fsp3) is 0.391. The van der Waals surface area contributed by atoms with Gasteiger partial charge in [0.1, 0.15) is 12.4 Å². The molecule has 0 atom stereocenters. The number of para-hydroxylation sites is 1. The number of amides is 2. The summed E-state index contributed by atoms with van der Waals surface area (Å²) >= 11 is 0. The van der Waals surface area contributed by atoms with Crippen LogP contribution in [0.4, 0.5) is 10.1 Å². The van der Waals surface area contributed by atoms with E-state index in [-0.39, 0.29) is 42.6 Å². The minimum atomic E-state index is -0.331. The molecular weight excluding hydrogens is 355 g/mol. The van der Waals surface area contributed by atoms with E-state index in [1.165, 1.54) is 24.0 Å². The lowest BCUT2D eigenvalue weighted by Gasteiger charge is -2.23. The van der Waals surface area contributed by atoms with Crippen LogP contribution in [0.5, 0.6) is 0 Å². The van der Waals surface area contributed by atoms with Crippen LogP contribution in [0, 0.1) is 5.82 Å². The van der Waals surface area contributed by atoms with Crippen LogP contribution in [0.3, 0.4) is 0 Å². The molecule has 0 unspecified atom stereocenters. The molecule has 2 amide bonds. The molecular formula is C23H29FN2O2. The molecule has 0 saturated heterocycles. The van der Waals surface area contributed by atoms with Gasteiger partial charge in [-0.25, -0.2) is 4.39 Å². The number of halogens is 1. The number of hydrogen-bond donors (Lipinski definition) is 1. The van der Waals surface area contributed by atoms with E-state index in [4.69, 9.17) is 0 Å². The van der Waals surface area contributed by atoms with Gasteiger partial charge in [0.25, 0.3) is 0 Å². The highest BCUT2D eigenvalue weighted by Gasteiger charge is 2.19. The number of benzene rings is 2. The zero-order valence-corrected chi connectivity index (χ0v) is 17.3. The van der Waals surface area contributed by atoms with Crippen LogP contribution in [0.15, 0.2) is 42.5 Å². The summed E-state index contributed by atoms with van der Waals surface area (Å²) in [5.74, 6) is -0.260. The van der Waals surface area contributed by atoms with Gasteiger partial charge in [-0.3, -0.25) is 9.59 Å². The smallest absolute Gasteiger partial charge is 0.244 e. The van der Waals surface area contributed by atoms with E-state index in [1.807, 2.05) is 18.2 Å². The first-order valence-electron chi connectivity index (χ1n) is 9.61. The molecule has 1 N–H and O–H groups in total. The molecule has 0 bridgehead atoms. The number of carbonyl (C=O) groups excluding carboxylic acids is 2. The van der Waals surface area contributed by atoms with E-state index < -0.39 is 0 Å². The minimum absolute atomic E-state index is 0.0589. The molecule has 0 aliphatic heterocycles. The van der Waals surface area contributed by atoms with Gasteiger partial charge in [-0.2, -0.15) is 0 Å². The highest BCUT2D eigenvalue weighted by Crippen LogP contribution is 2.32. The lowest BCUT2D eigenvalue weighted by atomic mass is 9.92. The Morgan fingerprint density at radius 3 is 1.96 bits per heavy atom. The van der Waals surface area contributed by atoms with E-state index in [2.05, 4.69) is 33.0 Å². The molecule has 5 heteroatoms. The molecule has 0 fully saturated rings. The molecule has 150 valence electrons. The second kappa shape index (κ2) is 9.49. The molecule has 4 nitrogen and oxygen atoms in total. The maximum absolute atomic E-state index is 13.1. The van der Waals surface area contributed by atoms with Crippen LogP contribution >= 0.6 is 0 Å². The summed E-state index contributed by atoms with van der Waals surface area (Å²) in [6, 6.07) is 12.0. The lowest BCUT2D eigenvalue weighted by Crippen LogP contribution is -2.36. The lowest BCUT2D eigenvalue weighted by molar-refractivity contribution is -0.133. The largest absolute Gasteiger partial charge is 0.329 e. The second-order valence-electron chi connectivity index (χ2n) is 7.67. The van der Waals surface area contributed by atoms with E-state index in [0.717, 1.165) is 22.4 Å². The molecule has 0 heterocycles. The minimum Gasteiger partial charge on any atom is -0.329 e. The van der Waals surface area contributed by atoms with Crippen LogP contribution < -0.4 is 5.32 Å². The van der Waals surface area contributed by atoms with Gasteiger partial charge in [-0.15, -0.1) is 0 Å². The van der Waals surface area contributed by atoms with Crippen molar-refractivity contribution >= 4 is 17.5 Å². The van der Waals surface area contributed by atoms with Gasteiger partial charge in [-0.05, 0) is 40.7 Å². The Morgan fingerprint density at radius 1 is 0.964 bits per heavy atom. The highest BCUT2D eigenvalue weighted by molar-refractivity contribution is 5.95. The number of anilines is 1. The molecule has 0 aliphatic rings. The van der Waals surface area contributed by atoms with E-state index >= 15 is 0 Å². The zero-order chi connectivity index (χ0) is 20.8. The van der Waals surface area contributed by atoms with Crippen LogP contribution in [0.2, 0.25) is 0 Å². The van der Waals surface area contributed by atoms with Gasteiger partial charge in [-0.1, -0.05) is 58.0 Å². The van der Waals surface area contributed by atoms with Gasteiger partial charge in [0.05, 0.1) is 0 Å². The van der Waals surface area contributed by atoms with Crippen molar-refractivity contribution in [1.82, 2.24) is 4.90 Å². The highest BCUT2D eigenvalue weighted by atomic mass is 19.1. The normalized spacial score (nSPS) is 11.0. The van der Waals surface area contributed by atoms with Crippen LogP contribution in [-0.2, 0) is 16.1 Å². The van der Waals surface area contributed by atoms with Crippen molar-refractivity contribution in [1.29, 1.82) is 0 Å². The zero-order valence-electron chi connectivity index (χ0n) is 17.3. The maximum Gasteiger partial charge on any atom is 0.244 e. The topological polar surface area (TPSA) is 49.4 Å². The summed E-state index contributed by atoms with van der Waals surface area (Å²) < 4.78 is 13.1. The summed E-state index contributed by atoms with van der Waals surface area (Å²) in [6.07, 6.45) is 0. The standard InChI is InChI=1S/C23H29FN2O2/c1-15(2)20-7-6-8-21(16(3)4)23(20)25-22(28)14-26(17(5)27)13-18-9-11-19(24)12-10-18/h6-12,15-16H,13-14H2,1-5H3,(H,25,28). The molecule has 2 aromatic rings. The quantitative estimate of drug-likeness (QED) is 0.725. The molecule has 2 rings (SSSR count). The average molecular weight is 384 g/mol. The second-order valence-corrected chi connectivity index (χ2v) is 7.67. The predicted octanol–water partition coefficient (Wildman–Crippen LogP) is 5.06. The number of nitrogens with one attached hydrogen (secondary N) is 1. The van der Waals surface area contributed by atoms with Gasteiger partial charge < -0.3 is 10.2 Å². The van der Waals surface area contributed by atoms with Gasteiger partial charge >= 0.3 is 0 Å². The van der Waals surface area contributed by atoms with Crippen molar-refractivity contribution in [2.75, 3.05) is 11.9 Å². The molecule has 0 aliphatic carbocycles. The molecule has 0 spiro atoms. The summed E-state index contributed by atoms with van der Waals surface area (Å²) in [5, 5.41) is 3.03. The third-order valence-corrected chi connectivity index (χ3v) is 4.70. The van der Waals surface area contributed by atoms with Crippen LogP contribution in [0.25, 0.3) is 0 Å². The molecule has 28 heavy (non-hydrogen) atoms. The van der Waals surface area contributed by atoms with E-state index in [0.29, 0.717) is 0 Å². The number of hydrogen-bond acceptors (Lipinski definition) is 2. The molecule has 0 saturated carbocycles. The monoisotopic (exact) mass is 384 g/mol. The van der Waals surface area contributed by atoms with Crippen molar-refractivity contribution in [3.63, 3.8) is 0 Å². The van der Waals surface area contributed by atoms with E-state index in [1.54, 1.807) is 12.1 Å². The van der Waals surface area contributed by atoms with Crippen molar-refractivity contribution < 1.29 is 14.0 Å². The van der Waals surface area contributed by atoms with Crippen LogP contribution in [0.1, 0.15) is 63.1 Å². The maximum atomic E-state index is 13.1. The first-order valence-corrected chi connectivity index (χ1v) is 9.61. The Hall–Kier alpha value is -2.69. The third-order valence-electron chi connectivity index (χ3n) is 4.70. The van der Waals surface area contributed by atoms with Crippen LogP contribution in [-0.4, -0.2) is 23.3 Å². The molecule has 2 aromatic carbocycles. The summed E-state index contributed by atoms with van der Waals surface area (Å²) in [5.41, 5.74) is 3.76. The van der Waals surface area contributed by atoms with Gasteiger partial charge in [0, 0.05) is 19.2 Å². The van der Waals surface area contributed by atoms with Crippen molar-refractivity contribution in [2.24, 2.45) is 0 Å². The van der Waals surface area contributed by atoms with Crippen molar-refractivity contribution in [3.05, 3.63) is 65.0 Å². The Kier molecular flexibility index (Phi) is 7.32. The summed E-state index contributed by atoms with van der Waals surface area (Å²) in [7, 11) is 0. The van der Waals surface area contributed by atoms with Gasteiger partial charge in [0.2, 0.25) is 11.8 Å². The third kappa shape index (κ3) is 5.65. The predicted molar refractivity (Wildman–Crippen MR) is 111 cm³/mol. The Morgan fingerprint density at radius 2 is 1.50 bits per heavy atom. The molecule has 0 radical (unpaired) electrons. The Labute approximate surface area is 166 Å². The Bertz CT molecular complexity index is 803. The average Bonchev–Trinajstić information content (AvgIpc) is 2.62. The fourth-order valence-electron chi connectivity index (χ4n) is 3.14. The van der Waals surface area contributed by atoms with Crippen molar-refractivity contribution in [3.8, 4) is 0 Å². The number of carbonyl (C=O) groups is 2. The SMILES string of the molecule is CC(=O)N(CC(=O)Nc1c(C(C)C)cccc1C(C)C)Cc1ccc(F)cc1.